The second-order valence-corrected chi connectivity index (χ2v) is 8.96. The van der Waals surface area contributed by atoms with E-state index in [-0.39, 0.29) is 23.3 Å². The summed E-state index contributed by atoms with van der Waals surface area (Å²) in [4.78, 5) is 34.4. The minimum Gasteiger partial charge on any atom is -0.341 e. The van der Waals surface area contributed by atoms with E-state index in [4.69, 9.17) is 4.98 Å². The Balaban J connectivity index is 1.42. The van der Waals surface area contributed by atoms with Crippen molar-refractivity contribution in [2.45, 2.75) is 50.5 Å². The lowest BCUT2D eigenvalue weighted by Gasteiger charge is -2.42. The third-order valence-electron chi connectivity index (χ3n) is 7.27. The molecule has 4 heterocycles. The van der Waals surface area contributed by atoms with Gasteiger partial charge < -0.3 is 14.2 Å². The maximum atomic E-state index is 13.4. The Bertz CT molecular complexity index is 1080. The number of pyridine rings is 1. The molecule has 3 aromatic rings. The number of likely N-dealkylation sites (tertiary alicyclic amines) is 2. The highest BCUT2D eigenvalue weighted by Gasteiger charge is 2.43. The molecular weight excluding hydrogens is 400 g/mol. The van der Waals surface area contributed by atoms with Gasteiger partial charge in [-0.3, -0.25) is 9.59 Å². The highest BCUT2D eigenvalue weighted by molar-refractivity contribution is 5.88. The normalized spacial score (nSPS) is 20.6. The predicted molar refractivity (Wildman–Crippen MR) is 123 cm³/mol. The molecule has 166 valence electrons. The maximum Gasteiger partial charge on any atom is 0.245 e. The smallest absolute Gasteiger partial charge is 0.245 e. The lowest BCUT2D eigenvalue weighted by molar-refractivity contribution is -0.144. The van der Waals surface area contributed by atoms with Crippen LogP contribution in [0.15, 0.2) is 60.9 Å². The molecule has 0 radical (unpaired) electrons. The number of imidazole rings is 1. The molecule has 2 fully saturated rings. The van der Waals surface area contributed by atoms with E-state index in [1.807, 2.05) is 42.3 Å². The molecule has 0 aliphatic carbocycles. The molecule has 0 saturated carbocycles. The average Bonchev–Trinajstić information content (AvgIpc) is 3.51. The fourth-order valence-corrected chi connectivity index (χ4v) is 5.46. The molecule has 2 saturated heterocycles. The molecular formula is C26H30N4O2. The van der Waals surface area contributed by atoms with Gasteiger partial charge in [-0.05, 0) is 43.4 Å². The topological polar surface area (TPSA) is 57.9 Å². The van der Waals surface area contributed by atoms with Gasteiger partial charge >= 0.3 is 0 Å². The first kappa shape index (κ1) is 20.7. The maximum absolute atomic E-state index is 13.4. The minimum absolute atomic E-state index is 0.0844. The van der Waals surface area contributed by atoms with Crippen LogP contribution in [0.2, 0.25) is 0 Å². The summed E-state index contributed by atoms with van der Waals surface area (Å²) in [5, 5.41) is 0. The van der Waals surface area contributed by atoms with E-state index < -0.39 is 0 Å². The van der Waals surface area contributed by atoms with Crippen molar-refractivity contribution >= 4 is 17.5 Å². The van der Waals surface area contributed by atoms with Crippen LogP contribution in [0.3, 0.4) is 0 Å². The third kappa shape index (κ3) is 3.48. The second kappa shape index (κ2) is 8.41. The summed E-state index contributed by atoms with van der Waals surface area (Å²) in [7, 11) is 0. The number of hydrogen-bond acceptors (Lipinski definition) is 3. The molecule has 32 heavy (non-hydrogen) atoms. The van der Waals surface area contributed by atoms with Gasteiger partial charge in [-0.25, -0.2) is 4.98 Å². The van der Waals surface area contributed by atoms with Gasteiger partial charge in [0, 0.05) is 43.9 Å². The van der Waals surface area contributed by atoms with Crippen LogP contribution >= 0.6 is 0 Å². The molecule has 2 aromatic heterocycles. The number of benzene rings is 1. The summed E-state index contributed by atoms with van der Waals surface area (Å²) in [6.07, 6.45) is 7.94. The van der Waals surface area contributed by atoms with Crippen molar-refractivity contribution < 1.29 is 9.59 Å². The first-order chi connectivity index (χ1) is 15.6. The van der Waals surface area contributed by atoms with Crippen LogP contribution in [0.4, 0.5) is 0 Å². The number of aromatic nitrogens is 2. The number of hydrogen-bond donors (Lipinski definition) is 0. The Kier molecular flexibility index (Phi) is 5.45. The predicted octanol–water partition coefficient (Wildman–Crippen LogP) is 3.64. The van der Waals surface area contributed by atoms with Crippen molar-refractivity contribution in [1.29, 1.82) is 0 Å². The molecule has 2 aliphatic heterocycles. The van der Waals surface area contributed by atoms with E-state index in [1.165, 1.54) is 5.56 Å². The molecule has 0 unspecified atom stereocenters. The second-order valence-electron chi connectivity index (χ2n) is 8.96. The van der Waals surface area contributed by atoms with Crippen LogP contribution in [0, 0.1) is 0 Å². The number of carbonyl (C=O) groups is 2. The van der Waals surface area contributed by atoms with E-state index in [0.717, 1.165) is 37.0 Å². The molecule has 1 aromatic carbocycles. The van der Waals surface area contributed by atoms with Crippen LogP contribution in [-0.4, -0.2) is 56.7 Å². The van der Waals surface area contributed by atoms with Crippen molar-refractivity contribution in [2.24, 2.45) is 0 Å². The highest BCUT2D eigenvalue weighted by atomic mass is 16.2. The SMILES string of the molecule is CCC(=O)N1CCC[C@H]1C(=O)N1CCC(c2ccccc2)(c2cn3ccccc3n2)CC1. The zero-order valence-electron chi connectivity index (χ0n) is 18.6. The van der Waals surface area contributed by atoms with Crippen molar-refractivity contribution in [2.75, 3.05) is 19.6 Å². The number of nitrogens with zero attached hydrogens (tertiary/aromatic N) is 4. The molecule has 5 rings (SSSR count). The van der Waals surface area contributed by atoms with E-state index >= 15 is 0 Å². The lowest BCUT2D eigenvalue weighted by atomic mass is 9.70. The van der Waals surface area contributed by atoms with E-state index in [2.05, 4.69) is 34.9 Å². The van der Waals surface area contributed by atoms with E-state index in [9.17, 15) is 9.59 Å². The van der Waals surface area contributed by atoms with Crippen LogP contribution in [0.25, 0.3) is 5.65 Å². The average molecular weight is 431 g/mol. The lowest BCUT2D eigenvalue weighted by Crippen LogP contribution is -2.52. The number of amides is 2. The van der Waals surface area contributed by atoms with Crippen LogP contribution < -0.4 is 0 Å². The zero-order chi connectivity index (χ0) is 22.1. The minimum atomic E-state index is -0.290. The zero-order valence-corrected chi connectivity index (χ0v) is 18.6. The van der Waals surface area contributed by atoms with Crippen LogP contribution in [-0.2, 0) is 15.0 Å². The van der Waals surface area contributed by atoms with E-state index in [0.29, 0.717) is 26.1 Å². The molecule has 6 heteroatoms. The Morgan fingerprint density at radius 2 is 1.78 bits per heavy atom. The first-order valence-corrected chi connectivity index (χ1v) is 11.7. The fourth-order valence-electron chi connectivity index (χ4n) is 5.46. The van der Waals surface area contributed by atoms with Gasteiger partial charge in [-0.1, -0.05) is 43.3 Å². The molecule has 2 aliphatic rings. The molecule has 0 N–H and O–H groups in total. The van der Waals surface area contributed by atoms with Gasteiger partial charge in [0.25, 0.3) is 0 Å². The Morgan fingerprint density at radius 3 is 2.50 bits per heavy atom. The van der Waals surface area contributed by atoms with Gasteiger partial charge in [0.2, 0.25) is 11.8 Å². The largest absolute Gasteiger partial charge is 0.341 e. The number of rotatable bonds is 4. The third-order valence-corrected chi connectivity index (χ3v) is 7.27. The summed E-state index contributed by atoms with van der Waals surface area (Å²) in [6, 6.07) is 16.3. The quantitative estimate of drug-likeness (QED) is 0.635. The van der Waals surface area contributed by atoms with Crippen molar-refractivity contribution in [3.63, 3.8) is 0 Å². The van der Waals surface area contributed by atoms with Gasteiger partial charge in [0.1, 0.15) is 11.7 Å². The molecule has 6 nitrogen and oxygen atoms in total. The summed E-state index contributed by atoms with van der Waals surface area (Å²) in [6.45, 7) is 3.91. The monoisotopic (exact) mass is 430 g/mol. The molecule has 1 atom stereocenters. The summed E-state index contributed by atoms with van der Waals surface area (Å²) < 4.78 is 2.07. The van der Waals surface area contributed by atoms with Crippen molar-refractivity contribution in [3.8, 4) is 0 Å². The van der Waals surface area contributed by atoms with Crippen molar-refractivity contribution in [1.82, 2.24) is 19.2 Å². The number of fused-ring (bicyclic) bond motifs is 1. The fraction of sp³-hybridized carbons (Fsp3) is 0.423. The molecule has 0 spiro atoms. The van der Waals surface area contributed by atoms with Gasteiger partial charge in [0.05, 0.1) is 5.69 Å². The van der Waals surface area contributed by atoms with Crippen LogP contribution in [0.5, 0.6) is 0 Å². The van der Waals surface area contributed by atoms with Gasteiger partial charge in [-0.15, -0.1) is 0 Å². The Hall–Kier alpha value is -3.15. The number of piperidine rings is 1. The van der Waals surface area contributed by atoms with E-state index in [1.54, 1.807) is 4.90 Å². The number of carbonyl (C=O) groups excluding carboxylic acids is 2. The highest BCUT2D eigenvalue weighted by Crippen LogP contribution is 2.41. The molecule has 2 amide bonds. The van der Waals surface area contributed by atoms with Gasteiger partial charge in [0.15, 0.2) is 0 Å². The standard InChI is InChI=1S/C26H30N4O2/c1-2-24(31)30-16-8-11-21(30)25(32)28-17-13-26(14-18-28,20-9-4-3-5-10-20)22-19-29-15-7-6-12-23(29)27-22/h3-7,9-10,12,15,19,21H,2,8,11,13-14,16-18H2,1H3/t21-/m0/s1. The molecule has 0 bridgehead atoms. The van der Waals surface area contributed by atoms with Crippen molar-refractivity contribution in [3.05, 3.63) is 72.2 Å². The summed E-state index contributed by atoms with van der Waals surface area (Å²) in [5.41, 5.74) is 3.03. The first-order valence-electron chi connectivity index (χ1n) is 11.7. The Labute approximate surface area is 188 Å². The van der Waals surface area contributed by atoms with Crippen LogP contribution in [0.1, 0.15) is 50.3 Å². The Morgan fingerprint density at radius 1 is 1.03 bits per heavy atom. The van der Waals surface area contributed by atoms with Gasteiger partial charge in [-0.2, -0.15) is 0 Å². The summed E-state index contributed by atoms with van der Waals surface area (Å²) >= 11 is 0. The summed E-state index contributed by atoms with van der Waals surface area (Å²) in [5.74, 6) is 0.196.